The van der Waals surface area contributed by atoms with E-state index >= 15 is 0 Å². The number of aryl methyl sites for hydroxylation is 1. The first-order valence-electron chi connectivity index (χ1n) is 6.03. The van der Waals surface area contributed by atoms with Crippen molar-refractivity contribution in [1.82, 2.24) is 10.3 Å². The van der Waals surface area contributed by atoms with Crippen LogP contribution < -0.4 is 5.32 Å². The molecule has 0 unspecified atom stereocenters. The molecule has 0 fully saturated rings. The maximum atomic E-state index is 13.3. The fourth-order valence-electron chi connectivity index (χ4n) is 1.33. The monoisotopic (exact) mass is 266 g/mol. The van der Waals surface area contributed by atoms with Gasteiger partial charge in [-0.1, -0.05) is 12.2 Å². The second-order valence-corrected chi connectivity index (χ2v) is 5.18. The van der Waals surface area contributed by atoms with Gasteiger partial charge in [-0.3, -0.25) is 0 Å². The van der Waals surface area contributed by atoms with Gasteiger partial charge in [-0.15, -0.1) is 0 Å². The smallest absolute Gasteiger partial charge is 0.407 e. The standard InChI is InChI=1S/C14H19FN2O2/c1-10-8-11(12(15)17-9-10)6-5-7-16-13(18)19-14(2,3)4/h5-6,8-9H,7H2,1-4H3,(H,16,18). The van der Waals surface area contributed by atoms with Gasteiger partial charge in [-0.05, 0) is 39.3 Å². The number of alkyl carbamates (subject to hydrolysis) is 1. The van der Waals surface area contributed by atoms with E-state index in [4.69, 9.17) is 4.74 Å². The maximum Gasteiger partial charge on any atom is 0.407 e. The van der Waals surface area contributed by atoms with E-state index in [0.29, 0.717) is 5.56 Å². The van der Waals surface area contributed by atoms with Crippen molar-refractivity contribution in [3.05, 3.63) is 35.4 Å². The summed E-state index contributed by atoms with van der Waals surface area (Å²) in [5, 5.41) is 2.55. The molecule has 4 nitrogen and oxygen atoms in total. The van der Waals surface area contributed by atoms with Crippen molar-refractivity contribution >= 4 is 12.2 Å². The lowest BCUT2D eigenvalue weighted by Crippen LogP contribution is -2.32. The number of carbonyl (C=O) groups excluding carboxylic acids is 1. The van der Waals surface area contributed by atoms with Gasteiger partial charge < -0.3 is 10.1 Å². The molecule has 1 aromatic rings. The molecule has 1 aromatic heterocycles. The number of carbonyl (C=O) groups is 1. The van der Waals surface area contributed by atoms with E-state index in [1.165, 1.54) is 6.20 Å². The second kappa shape index (κ2) is 6.31. The Hall–Kier alpha value is -1.91. The summed E-state index contributed by atoms with van der Waals surface area (Å²) in [6.45, 7) is 7.47. The molecule has 0 aliphatic heterocycles. The number of rotatable bonds is 3. The van der Waals surface area contributed by atoms with Crippen molar-refractivity contribution < 1.29 is 13.9 Å². The molecule has 0 aliphatic carbocycles. The van der Waals surface area contributed by atoms with Crippen LogP contribution in [-0.2, 0) is 4.74 Å². The van der Waals surface area contributed by atoms with Crippen LogP contribution >= 0.6 is 0 Å². The van der Waals surface area contributed by atoms with Crippen LogP contribution in [0, 0.1) is 12.9 Å². The van der Waals surface area contributed by atoms with Crippen LogP contribution in [0.2, 0.25) is 0 Å². The minimum absolute atomic E-state index is 0.266. The third-order valence-electron chi connectivity index (χ3n) is 2.06. The first kappa shape index (κ1) is 15.1. The zero-order chi connectivity index (χ0) is 14.5. The molecule has 19 heavy (non-hydrogen) atoms. The predicted molar refractivity (Wildman–Crippen MR) is 72.2 cm³/mol. The minimum Gasteiger partial charge on any atom is -0.444 e. The van der Waals surface area contributed by atoms with E-state index in [1.807, 2.05) is 6.92 Å². The predicted octanol–water partition coefficient (Wildman–Crippen LogP) is 3.07. The van der Waals surface area contributed by atoms with Crippen LogP contribution in [0.1, 0.15) is 31.9 Å². The van der Waals surface area contributed by atoms with Gasteiger partial charge >= 0.3 is 6.09 Å². The minimum atomic E-state index is -0.529. The van der Waals surface area contributed by atoms with Gasteiger partial charge in [0.2, 0.25) is 5.95 Å². The summed E-state index contributed by atoms with van der Waals surface area (Å²) >= 11 is 0. The molecule has 0 bridgehead atoms. The zero-order valence-electron chi connectivity index (χ0n) is 11.7. The number of amides is 1. The first-order chi connectivity index (χ1) is 8.78. The molecule has 5 heteroatoms. The van der Waals surface area contributed by atoms with Gasteiger partial charge in [0.05, 0.1) is 0 Å². The molecular formula is C14H19FN2O2. The van der Waals surface area contributed by atoms with Gasteiger partial charge in [0, 0.05) is 18.3 Å². The molecule has 1 amide bonds. The molecule has 0 spiro atoms. The summed E-state index contributed by atoms with van der Waals surface area (Å²) in [4.78, 5) is 14.9. The summed E-state index contributed by atoms with van der Waals surface area (Å²) < 4.78 is 18.4. The average Bonchev–Trinajstić information content (AvgIpc) is 2.26. The van der Waals surface area contributed by atoms with E-state index in [2.05, 4.69) is 10.3 Å². The lowest BCUT2D eigenvalue weighted by molar-refractivity contribution is 0.0534. The van der Waals surface area contributed by atoms with Crippen LogP contribution in [0.15, 0.2) is 18.3 Å². The van der Waals surface area contributed by atoms with Crippen LogP contribution in [0.4, 0.5) is 9.18 Å². The Morgan fingerprint density at radius 1 is 1.53 bits per heavy atom. The number of ether oxygens (including phenoxy) is 1. The third kappa shape index (κ3) is 5.99. The number of hydrogen-bond donors (Lipinski definition) is 1. The SMILES string of the molecule is Cc1cnc(F)c(C=CCNC(=O)OC(C)(C)C)c1. The molecule has 0 saturated heterocycles. The Labute approximate surface area is 112 Å². The lowest BCUT2D eigenvalue weighted by Gasteiger charge is -2.19. The van der Waals surface area contributed by atoms with Crippen LogP contribution in [0.25, 0.3) is 6.08 Å². The Kier molecular flexibility index (Phi) is 5.03. The van der Waals surface area contributed by atoms with Crippen molar-refractivity contribution in [2.75, 3.05) is 6.54 Å². The number of aromatic nitrogens is 1. The van der Waals surface area contributed by atoms with E-state index in [1.54, 1.807) is 39.0 Å². The maximum absolute atomic E-state index is 13.3. The summed E-state index contributed by atoms with van der Waals surface area (Å²) in [6, 6.07) is 1.69. The van der Waals surface area contributed by atoms with Gasteiger partial charge in [0.25, 0.3) is 0 Å². The molecular weight excluding hydrogens is 247 g/mol. The highest BCUT2D eigenvalue weighted by Crippen LogP contribution is 2.09. The quantitative estimate of drug-likeness (QED) is 0.855. The molecule has 1 rings (SSSR count). The Morgan fingerprint density at radius 2 is 2.21 bits per heavy atom. The van der Waals surface area contributed by atoms with Gasteiger partial charge in [-0.2, -0.15) is 4.39 Å². The molecule has 0 radical (unpaired) electrons. The molecule has 0 aromatic carbocycles. The van der Waals surface area contributed by atoms with E-state index in [-0.39, 0.29) is 6.54 Å². The summed E-state index contributed by atoms with van der Waals surface area (Å²) in [5.41, 5.74) is 0.743. The van der Waals surface area contributed by atoms with Crippen molar-refractivity contribution in [3.63, 3.8) is 0 Å². The normalized spacial score (nSPS) is 11.6. The van der Waals surface area contributed by atoms with Gasteiger partial charge in [0.1, 0.15) is 5.60 Å². The molecule has 1 heterocycles. The second-order valence-electron chi connectivity index (χ2n) is 5.18. The molecule has 0 saturated carbocycles. The van der Waals surface area contributed by atoms with E-state index < -0.39 is 17.6 Å². The summed E-state index contributed by atoms with van der Waals surface area (Å²) in [5.74, 6) is -0.529. The Bertz CT molecular complexity index is 479. The number of hydrogen-bond acceptors (Lipinski definition) is 3. The molecule has 104 valence electrons. The highest BCUT2D eigenvalue weighted by atomic mass is 19.1. The van der Waals surface area contributed by atoms with Gasteiger partial charge in [0.15, 0.2) is 0 Å². The number of nitrogens with one attached hydrogen (secondary N) is 1. The average molecular weight is 266 g/mol. The fraction of sp³-hybridized carbons (Fsp3) is 0.429. The fourth-order valence-corrected chi connectivity index (χ4v) is 1.33. The van der Waals surface area contributed by atoms with Crippen molar-refractivity contribution in [2.45, 2.75) is 33.3 Å². The highest BCUT2D eigenvalue weighted by Gasteiger charge is 2.14. The first-order valence-corrected chi connectivity index (χ1v) is 6.03. The van der Waals surface area contributed by atoms with E-state index in [9.17, 15) is 9.18 Å². The van der Waals surface area contributed by atoms with Gasteiger partial charge in [-0.25, -0.2) is 9.78 Å². The molecule has 1 N–H and O–H groups in total. The Balaban J connectivity index is 2.47. The van der Waals surface area contributed by atoms with Crippen molar-refractivity contribution in [3.8, 4) is 0 Å². The number of pyridine rings is 1. The summed E-state index contributed by atoms with van der Waals surface area (Å²) in [7, 11) is 0. The number of halogens is 1. The lowest BCUT2D eigenvalue weighted by atomic mass is 10.2. The zero-order valence-corrected chi connectivity index (χ0v) is 11.7. The number of nitrogens with zero attached hydrogens (tertiary/aromatic N) is 1. The molecule has 0 aliphatic rings. The Morgan fingerprint density at radius 3 is 2.84 bits per heavy atom. The molecule has 0 atom stereocenters. The highest BCUT2D eigenvalue weighted by molar-refractivity contribution is 5.68. The van der Waals surface area contributed by atoms with Crippen LogP contribution in [0.5, 0.6) is 0 Å². The summed E-state index contributed by atoms with van der Waals surface area (Å²) in [6.07, 6.45) is 4.18. The topological polar surface area (TPSA) is 51.2 Å². The largest absolute Gasteiger partial charge is 0.444 e. The van der Waals surface area contributed by atoms with Crippen LogP contribution in [0.3, 0.4) is 0 Å². The van der Waals surface area contributed by atoms with Crippen LogP contribution in [-0.4, -0.2) is 23.2 Å². The van der Waals surface area contributed by atoms with Crippen molar-refractivity contribution in [1.29, 1.82) is 0 Å². The van der Waals surface area contributed by atoms with E-state index in [0.717, 1.165) is 5.56 Å². The third-order valence-corrected chi connectivity index (χ3v) is 2.06. The van der Waals surface area contributed by atoms with Crippen molar-refractivity contribution in [2.24, 2.45) is 0 Å².